The van der Waals surface area contributed by atoms with Crippen LogP contribution in [0.25, 0.3) is 0 Å². The van der Waals surface area contributed by atoms with Crippen molar-refractivity contribution in [1.29, 1.82) is 0 Å². The van der Waals surface area contributed by atoms with Gasteiger partial charge in [0.25, 0.3) is 0 Å². The van der Waals surface area contributed by atoms with Crippen LogP contribution in [-0.4, -0.2) is 8.31 Å². The van der Waals surface area contributed by atoms with E-state index >= 15 is 0 Å². The summed E-state index contributed by atoms with van der Waals surface area (Å²) in [5.74, 6) is 0.361. The molecule has 0 amide bonds. The molecule has 0 aromatic heterocycles. The Bertz CT molecular complexity index is 480. The van der Waals surface area contributed by atoms with E-state index in [4.69, 9.17) is 0 Å². The topological polar surface area (TPSA) is 20.2 Å². The van der Waals surface area contributed by atoms with E-state index < -0.39 is 0 Å². The van der Waals surface area contributed by atoms with Gasteiger partial charge in [0.1, 0.15) is 5.75 Å². The van der Waals surface area contributed by atoms with Crippen molar-refractivity contribution in [2.75, 3.05) is 0 Å². The molecule has 0 spiro atoms. The van der Waals surface area contributed by atoms with Gasteiger partial charge in [-0.2, -0.15) is 6.08 Å². The first-order chi connectivity index (χ1) is 9.62. The van der Waals surface area contributed by atoms with Crippen molar-refractivity contribution in [3.8, 4) is 5.75 Å². The predicted molar refractivity (Wildman–Crippen MR) is 104 cm³/mol. The summed E-state index contributed by atoms with van der Waals surface area (Å²) < 4.78 is 1.51. The summed E-state index contributed by atoms with van der Waals surface area (Å²) in [5.41, 5.74) is 2.41. The summed E-state index contributed by atoms with van der Waals surface area (Å²) in [5, 5.41) is 9.36. The maximum atomic E-state index is 9.36. The summed E-state index contributed by atoms with van der Waals surface area (Å²) in [6.45, 7) is 12.7. The summed E-state index contributed by atoms with van der Waals surface area (Å²) in [6, 6.07) is 5.71. The number of aryl methyl sites for hydroxylation is 1. The Labute approximate surface area is 169 Å². The van der Waals surface area contributed by atoms with Gasteiger partial charge >= 0.3 is 41.3 Å². The molecule has 1 aromatic rings. The van der Waals surface area contributed by atoms with Gasteiger partial charge in [0.05, 0.1) is 0 Å². The van der Waals surface area contributed by atoms with E-state index in [1.54, 1.807) is 30.3 Å². The average molecular weight is 436 g/mol. The number of hydrogen-bond acceptors (Lipinski definition) is 1. The fraction of sp³-hybridized carbons (Fsp3) is 0.421. The summed E-state index contributed by atoms with van der Waals surface area (Å²) in [4.78, 5) is 0. The molecule has 0 heterocycles. The summed E-state index contributed by atoms with van der Waals surface area (Å²) in [7, 11) is 0. The third-order valence-electron chi connectivity index (χ3n) is 2.51. The second-order valence-corrected chi connectivity index (χ2v) is 8.77. The molecule has 1 aromatic carbocycles. The smallest absolute Gasteiger partial charge is 0.116 e. The predicted octanol–water partition coefficient (Wildman–Crippen LogP) is 5.89. The molecule has 0 atom stereocenters. The van der Waals surface area contributed by atoms with Crippen LogP contribution in [0.5, 0.6) is 5.75 Å². The first kappa shape index (κ1) is 27.7. The fourth-order valence-corrected chi connectivity index (χ4v) is 1.54. The van der Waals surface area contributed by atoms with Crippen LogP contribution in [0.4, 0.5) is 0 Å². The van der Waals surface area contributed by atoms with Gasteiger partial charge in [-0.25, -0.2) is 12.2 Å². The molecule has 4 heteroatoms. The van der Waals surface area contributed by atoms with E-state index in [0.717, 1.165) is 12.0 Å². The van der Waals surface area contributed by atoms with Gasteiger partial charge in [0.2, 0.25) is 0 Å². The first-order valence-electron chi connectivity index (χ1n) is 7.17. The number of aromatic hydroxyl groups is 1. The van der Waals surface area contributed by atoms with Gasteiger partial charge in [-0.3, -0.25) is 6.08 Å². The molecule has 130 valence electrons. The molecule has 1 aliphatic rings. The molecule has 0 saturated carbocycles. The van der Waals surface area contributed by atoms with Crippen LogP contribution in [0.2, 0.25) is 0 Å². The zero-order valence-corrected chi connectivity index (χ0v) is 19.0. The van der Waals surface area contributed by atoms with Crippen molar-refractivity contribution < 1.29 is 29.3 Å². The van der Waals surface area contributed by atoms with Gasteiger partial charge in [0, 0.05) is 0 Å². The third-order valence-corrected chi connectivity index (χ3v) is 2.51. The molecule has 0 radical (unpaired) electrons. The minimum Gasteiger partial charge on any atom is -0.508 e. The summed E-state index contributed by atoms with van der Waals surface area (Å²) in [6.07, 6.45) is 10.0. The maximum Gasteiger partial charge on any atom is 0.116 e. The minimum atomic E-state index is 0. The van der Waals surface area contributed by atoms with Crippen LogP contribution in [-0.2, 0) is 29.7 Å². The third kappa shape index (κ3) is 16.5. The molecule has 1 aliphatic carbocycles. The normalized spacial score (nSPS) is 11.0. The molecule has 0 fully saturated rings. The Morgan fingerprint density at radius 2 is 1.65 bits per heavy atom. The Morgan fingerprint density at radius 3 is 1.91 bits per heavy atom. The number of allylic oxidation sites excluding steroid dienone is 4. The van der Waals surface area contributed by atoms with Gasteiger partial charge in [-0.05, 0) is 35.6 Å². The van der Waals surface area contributed by atoms with Crippen LogP contribution in [0.15, 0.2) is 36.4 Å². The maximum absolute atomic E-state index is 9.36. The second kappa shape index (κ2) is 14.2. The molecule has 2 rings (SSSR count). The van der Waals surface area contributed by atoms with Crippen LogP contribution < -0.4 is 0 Å². The van der Waals surface area contributed by atoms with E-state index in [2.05, 4.69) is 52.8 Å². The van der Waals surface area contributed by atoms with Crippen molar-refractivity contribution in [1.82, 2.24) is 0 Å². The molecule has 23 heavy (non-hydrogen) atoms. The van der Waals surface area contributed by atoms with E-state index in [1.165, 1.54) is 8.77 Å². The number of halogens is 2. The van der Waals surface area contributed by atoms with Crippen LogP contribution in [0.3, 0.4) is 0 Å². The van der Waals surface area contributed by atoms with Crippen molar-refractivity contribution in [2.24, 2.45) is 0 Å². The van der Waals surface area contributed by atoms with E-state index in [1.807, 2.05) is 25.1 Å². The van der Waals surface area contributed by atoms with Crippen molar-refractivity contribution >= 4 is 28.0 Å². The largest absolute Gasteiger partial charge is 0.508 e. The molecule has 1 nitrogen and oxygen atoms in total. The fourth-order valence-electron chi connectivity index (χ4n) is 1.54. The number of phenolic OH excluding ortho intramolecular Hbond substituents is 1. The molecule has 0 aliphatic heterocycles. The van der Waals surface area contributed by atoms with Gasteiger partial charge in [0.15, 0.2) is 0 Å². The number of rotatable bonds is 0. The summed E-state index contributed by atoms with van der Waals surface area (Å²) >= 11 is 1.55. The Morgan fingerprint density at radius 1 is 1.13 bits per heavy atom. The molecule has 0 unspecified atom stereocenters. The van der Waals surface area contributed by atoms with Crippen molar-refractivity contribution in [2.45, 2.75) is 53.4 Å². The molecular formula is C19H29Cl2OZr-. The Hall–Kier alpha value is -0.167. The Kier molecular flexibility index (Phi) is 17.1. The Balaban J connectivity index is -0.000000305. The van der Waals surface area contributed by atoms with E-state index in [0.29, 0.717) is 5.75 Å². The zero-order chi connectivity index (χ0) is 16.5. The van der Waals surface area contributed by atoms with Gasteiger partial charge < -0.3 is 5.11 Å². The zero-order valence-electron chi connectivity index (χ0n) is 14.9. The van der Waals surface area contributed by atoms with Gasteiger partial charge in [-0.15, -0.1) is 31.2 Å². The standard InChI is InChI=1S/C11H16O.C5H5.C3H6.2ClH.Zr/c1-8-5-9(11(2,3)4)7-10(12)6-8;1-2-4-5-3-1;1-3-2;;;/h5-7,12H,1-4H3;1-3H,4H2;1-2H3;2*1H;/q;-1;;;;. The SMILES string of the molecule is C[C](C)=[Zr].Cc1cc(O)cc(C(C)(C)C)c1.Cl.Cl.[C-]1=CC=CC1. The van der Waals surface area contributed by atoms with E-state index in [9.17, 15) is 5.11 Å². The monoisotopic (exact) mass is 433 g/mol. The van der Waals surface area contributed by atoms with E-state index in [-0.39, 0.29) is 30.2 Å². The second-order valence-electron chi connectivity index (χ2n) is 6.31. The van der Waals surface area contributed by atoms with Crippen molar-refractivity contribution in [3.05, 3.63) is 53.6 Å². The molecular weight excluding hydrogens is 406 g/mol. The van der Waals surface area contributed by atoms with Gasteiger partial charge in [-0.1, -0.05) is 26.8 Å². The minimum absolute atomic E-state index is 0. The van der Waals surface area contributed by atoms with Crippen LogP contribution >= 0.6 is 24.8 Å². The van der Waals surface area contributed by atoms with Crippen LogP contribution in [0.1, 0.15) is 52.2 Å². The molecule has 0 bridgehead atoms. The number of phenols is 1. The molecule has 1 N–H and O–H groups in total. The number of hydrogen-bond donors (Lipinski definition) is 1. The van der Waals surface area contributed by atoms with Crippen molar-refractivity contribution in [3.63, 3.8) is 0 Å². The van der Waals surface area contributed by atoms with Crippen LogP contribution in [0, 0.1) is 13.0 Å². The molecule has 0 saturated heterocycles. The quantitative estimate of drug-likeness (QED) is 0.504. The first-order valence-corrected chi connectivity index (χ1v) is 8.40. The average Bonchev–Trinajstić information content (AvgIpc) is 2.83. The number of benzene rings is 1.